The van der Waals surface area contributed by atoms with Gasteiger partial charge < -0.3 is 4.74 Å². The van der Waals surface area contributed by atoms with E-state index in [4.69, 9.17) is 9.88 Å². The van der Waals surface area contributed by atoms with Gasteiger partial charge in [0.25, 0.3) is 0 Å². The fourth-order valence-electron chi connectivity index (χ4n) is 2.31. The van der Waals surface area contributed by atoms with E-state index in [1.165, 1.54) is 13.2 Å². The molecule has 2 rings (SSSR count). The molecule has 0 radical (unpaired) electrons. The lowest BCUT2D eigenvalue weighted by atomic mass is 10.0. The minimum atomic E-state index is -3.79. The number of sulfonamides is 1. The minimum Gasteiger partial charge on any atom is -0.467 e. The van der Waals surface area contributed by atoms with Crippen molar-refractivity contribution in [2.24, 2.45) is 5.14 Å². The zero-order valence-electron chi connectivity index (χ0n) is 12.1. The summed E-state index contributed by atoms with van der Waals surface area (Å²) in [5, 5.41) is 13.3. The van der Waals surface area contributed by atoms with Crippen LogP contribution in [0.3, 0.4) is 0 Å². The molecule has 2 N–H and O–H groups in total. The van der Waals surface area contributed by atoms with E-state index in [0.29, 0.717) is 23.9 Å². The summed E-state index contributed by atoms with van der Waals surface area (Å²) < 4.78 is 30.4. The number of aromatic nitrogens is 3. The van der Waals surface area contributed by atoms with Crippen molar-refractivity contribution in [1.29, 1.82) is 0 Å². The molecule has 1 aromatic heterocycles. The molecule has 2 aromatic rings. The zero-order chi connectivity index (χ0) is 15.6. The van der Waals surface area contributed by atoms with Gasteiger partial charge >= 0.3 is 6.01 Å². The molecule has 0 saturated heterocycles. The normalized spacial score (nSPS) is 13.1. The molecule has 114 valence electrons. The number of primary sulfonamides is 1. The molecule has 21 heavy (non-hydrogen) atoms. The van der Waals surface area contributed by atoms with E-state index in [1.54, 1.807) is 22.8 Å². The van der Waals surface area contributed by atoms with Crippen molar-refractivity contribution < 1.29 is 13.2 Å². The molecule has 1 heterocycles. The molecule has 0 aliphatic rings. The van der Waals surface area contributed by atoms with Crippen LogP contribution in [0, 0.1) is 0 Å². The second kappa shape index (κ2) is 5.82. The number of nitrogens with zero attached hydrogens (tertiary/aromatic N) is 3. The number of hydrogen-bond acceptors (Lipinski definition) is 5. The Morgan fingerprint density at radius 1 is 1.33 bits per heavy atom. The highest BCUT2D eigenvalue weighted by Gasteiger charge is 2.24. The van der Waals surface area contributed by atoms with Gasteiger partial charge in [0.15, 0.2) is 0 Å². The predicted octanol–water partition coefficient (Wildman–Crippen LogP) is 1.11. The van der Waals surface area contributed by atoms with Gasteiger partial charge in [0.05, 0.1) is 12.0 Å². The average Bonchev–Trinajstić information content (AvgIpc) is 2.88. The first-order valence-corrected chi connectivity index (χ1v) is 8.03. The lowest BCUT2D eigenvalue weighted by molar-refractivity contribution is 0.355. The van der Waals surface area contributed by atoms with E-state index in [-0.39, 0.29) is 10.8 Å². The highest BCUT2D eigenvalue weighted by molar-refractivity contribution is 7.89. The fourth-order valence-corrected chi connectivity index (χ4v) is 3.15. The smallest absolute Gasteiger partial charge is 0.316 e. The molecule has 8 heteroatoms. The van der Waals surface area contributed by atoms with Crippen LogP contribution in [0.2, 0.25) is 0 Å². The standard InChI is InChI=1S/C13H18N4O3S/c1-4-17-12(15-16-13(17)20-3)9(2)10-7-5-6-8-11(10)21(14,18)19/h5-9H,4H2,1-3H3,(H2,14,18,19)/t9-/m1/s1. The fraction of sp³-hybridized carbons (Fsp3) is 0.385. The van der Waals surface area contributed by atoms with Gasteiger partial charge in [-0.15, -0.1) is 5.10 Å². The molecule has 0 unspecified atom stereocenters. The van der Waals surface area contributed by atoms with Crippen molar-refractivity contribution in [2.75, 3.05) is 7.11 Å². The Bertz CT molecular complexity index is 740. The second-order valence-corrected chi connectivity index (χ2v) is 6.12. The maximum atomic E-state index is 11.7. The van der Waals surface area contributed by atoms with E-state index in [1.807, 2.05) is 13.8 Å². The van der Waals surface area contributed by atoms with Gasteiger partial charge in [-0.2, -0.15) is 0 Å². The Morgan fingerprint density at radius 3 is 2.57 bits per heavy atom. The summed E-state index contributed by atoms with van der Waals surface area (Å²) in [5.41, 5.74) is 0.588. The van der Waals surface area contributed by atoms with Gasteiger partial charge in [0, 0.05) is 12.5 Å². The van der Waals surface area contributed by atoms with Crippen LogP contribution in [0.1, 0.15) is 31.2 Å². The number of benzene rings is 1. The molecule has 0 amide bonds. The molecule has 0 bridgehead atoms. The van der Waals surface area contributed by atoms with Crippen LogP contribution in [0.15, 0.2) is 29.2 Å². The first-order chi connectivity index (χ1) is 9.90. The van der Waals surface area contributed by atoms with Crippen LogP contribution in [0.4, 0.5) is 0 Å². The highest BCUT2D eigenvalue weighted by Crippen LogP contribution is 2.29. The molecule has 0 fully saturated rings. The number of ether oxygens (including phenoxy) is 1. The van der Waals surface area contributed by atoms with Crippen molar-refractivity contribution in [3.63, 3.8) is 0 Å². The summed E-state index contributed by atoms with van der Waals surface area (Å²) in [6.07, 6.45) is 0. The van der Waals surface area contributed by atoms with Gasteiger partial charge in [-0.05, 0) is 18.6 Å². The first-order valence-electron chi connectivity index (χ1n) is 6.49. The largest absolute Gasteiger partial charge is 0.467 e. The van der Waals surface area contributed by atoms with Crippen LogP contribution >= 0.6 is 0 Å². The summed E-state index contributed by atoms with van der Waals surface area (Å²) in [7, 11) is -2.28. The summed E-state index contributed by atoms with van der Waals surface area (Å²) in [5.74, 6) is 0.348. The molecule has 0 aliphatic carbocycles. The van der Waals surface area contributed by atoms with E-state index < -0.39 is 10.0 Å². The van der Waals surface area contributed by atoms with Crippen LogP contribution in [0.25, 0.3) is 0 Å². The molecular formula is C13H18N4O3S. The summed E-state index contributed by atoms with van der Waals surface area (Å²) in [6, 6.07) is 7.02. The number of nitrogens with two attached hydrogens (primary N) is 1. The van der Waals surface area contributed by atoms with Crippen LogP contribution in [-0.2, 0) is 16.6 Å². The number of rotatable bonds is 5. The maximum Gasteiger partial charge on any atom is 0.316 e. The van der Waals surface area contributed by atoms with Gasteiger partial charge in [-0.1, -0.05) is 30.2 Å². The lowest BCUT2D eigenvalue weighted by Crippen LogP contribution is -2.17. The quantitative estimate of drug-likeness (QED) is 0.891. The monoisotopic (exact) mass is 310 g/mol. The molecule has 0 saturated carbocycles. The van der Waals surface area contributed by atoms with Gasteiger partial charge in [-0.25, -0.2) is 13.6 Å². The SMILES string of the molecule is CCn1c(OC)nnc1[C@H](C)c1ccccc1S(N)(=O)=O. The van der Waals surface area contributed by atoms with Crippen molar-refractivity contribution in [1.82, 2.24) is 14.8 Å². The second-order valence-electron chi connectivity index (χ2n) is 4.59. The predicted molar refractivity (Wildman–Crippen MR) is 77.6 cm³/mol. The maximum absolute atomic E-state index is 11.7. The van der Waals surface area contributed by atoms with Gasteiger partial charge in [-0.3, -0.25) is 4.57 Å². The third-order valence-corrected chi connectivity index (χ3v) is 4.31. The summed E-state index contributed by atoms with van der Waals surface area (Å²) >= 11 is 0. The Balaban J connectivity index is 2.56. The molecule has 1 atom stereocenters. The Labute approximate surface area is 123 Å². The van der Waals surface area contributed by atoms with Gasteiger partial charge in [0.1, 0.15) is 5.82 Å². The van der Waals surface area contributed by atoms with Crippen molar-refractivity contribution >= 4 is 10.0 Å². The Hall–Kier alpha value is -1.93. The van der Waals surface area contributed by atoms with Crippen LogP contribution in [-0.4, -0.2) is 30.3 Å². The molecule has 1 aromatic carbocycles. The first kappa shape index (κ1) is 15.5. The van der Waals surface area contributed by atoms with Crippen LogP contribution in [0.5, 0.6) is 6.01 Å². The molecule has 0 spiro atoms. The van der Waals surface area contributed by atoms with Crippen molar-refractivity contribution in [3.8, 4) is 6.01 Å². The molecule has 0 aliphatic heterocycles. The van der Waals surface area contributed by atoms with Gasteiger partial charge in [0.2, 0.25) is 10.0 Å². The van der Waals surface area contributed by atoms with E-state index in [9.17, 15) is 8.42 Å². The highest BCUT2D eigenvalue weighted by atomic mass is 32.2. The zero-order valence-corrected chi connectivity index (χ0v) is 13.0. The Kier molecular flexibility index (Phi) is 4.29. The third-order valence-electron chi connectivity index (χ3n) is 3.32. The van der Waals surface area contributed by atoms with Crippen LogP contribution < -0.4 is 9.88 Å². The molecule has 7 nitrogen and oxygen atoms in total. The summed E-state index contributed by atoms with van der Waals surface area (Å²) in [4.78, 5) is 0.0992. The lowest BCUT2D eigenvalue weighted by Gasteiger charge is -2.15. The minimum absolute atomic E-state index is 0.0992. The molecular weight excluding hydrogens is 292 g/mol. The van der Waals surface area contributed by atoms with Crippen molar-refractivity contribution in [3.05, 3.63) is 35.7 Å². The van der Waals surface area contributed by atoms with E-state index >= 15 is 0 Å². The number of hydrogen-bond donors (Lipinski definition) is 1. The summed E-state index contributed by atoms with van der Waals surface area (Å²) in [6.45, 7) is 4.42. The average molecular weight is 310 g/mol. The van der Waals surface area contributed by atoms with Crippen molar-refractivity contribution in [2.45, 2.75) is 31.2 Å². The third kappa shape index (κ3) is 2.91. The number of methoxy groups -OCH3 is 1. The van der Waals surface area contributed by atoms with E-state index in [2.05, 4.69) is 10.2 Å². The van der Waals surface area contributed by atoms with E-state index in [0.717, 1.165) is 0 Å². The Morgan fingerprint density at radius 2 is 2.00 bits per heavy atom. The topological polar surface area (TPSA) is 100 Å².